The Morgan fingerprint density at radius 2 is 1.76 bits per heavy atom. The Balaban J connectivity index is 1.28. The number of nitrogens with zero attached hydrogens (tertiary/aromatic N) is 1. The zero-order chi connectivity index (χ0) is 25.8. The topological polar surface area (TPSA) is 67.9 Å². The van der Waals surface area contributed by atoms with E-state index < -0.39 is 5.54 Å². The van der Waals surface area contributed by atoms with E-state index in [9.17, 15) is 14.0 Å². The van der Waals surface area contributed by atoms with Gasteiger partial charge in [-0.25, -0.2) is 9.18 Å². The summed E-state index contributed by atoms with van der Waals surface area (Å²) in [5, 5.41) is 3.29. The zero-order valence-corrected chi connectivity index (χ0v) is 21.0. The molecule has 2 saturated carbocycles. The van der Waals surface area contributed by atoms with Gasteiger partial charge in [-0.15, -0.1) is 0 Å². The molecule has 3 aromatic rings. The molecule has 1 heterocycles. The van der Waals surface area contributed by atoms with Crippen LogP contribution in [-0.4, -0.2) is 32.6 Å². The monoisotopic (exact) mass is 500 g/mol. The number of anilines is 1. The molecule has 1 aliphatic heterocycles. The van der Waals surface area contributed by atoms with Crippen LogP contribution < -0.4 is 15.0 Å². The highest BCUT2D eigenvalue weighted by atomic mass is 19.1. The largest absolute Gasteiger partial charge is 0.494 e. The molecule has 0 saturated heterocycles. The van der Waals surface area contributed by atoms with E-state index in [4.69, 9.17) is 9.47 Å². The fourth-order valence-corrected chi connectivity index (χ4v) is 5.71. The lowest BCUT2D eigenvalue weighted by atomic mass is 9.96. The molecule has 6 nitrogen and oxygen atoms in total. The van der Waals surface area contributed by atoms with Crippen molar-refractivity contribution in [1.82, 2.24) is 5.32 Å². The van der Waals surface area contributed by atoms with Crippen LogP contribution >= 0.6 is 0 Å². The average molecular weight is 501 g/mol. The van der Waals surface area contributed by atoms with Crippen LogP contribution in [0.15, 0.2) is 60.7 Å². The van der Waals surface area contributed by atoms with Gasteiger partial charge in [0.25, 0.3) is 5.91 Å². The van der Waals surface area contributed by atoms with Crippen molar-refractivity contribution in [1.29, 1.82) is 0 Å². The molecule has 0 radical (unpaired) electrons. The summed E-state index contributed by atoms with van der Waals surface area (Å²) in [5.74, 6) is -0.666. The minimum atomic E-state index is -0.436. The average Bonchev–Trinajstić information content (AvgIpc) is 3.84. The number of esters is 1. The van der Waals surface area contributed by atoms with Crippen molar-refractivity contribution < 1.29 is 23.5 Å². The third-order valence-corrected chi connectivity index (χ3v) is 8.07. The second-order valence-corrected chi connectivity index (χ2v) is 10.4. The highest BCUT2D eigenvalue weighted by Gasteiger charge is 2.53. The second kappa shape index (κ2) is 8.61. The predicted octanol–water partition coefficient (Wildman–Crippen LogP) is 5.09. The summed E-state index contributed by atoms with van der Waals surface area (Å²) >= 11 is 0. The molecule has 0 bridgehead atoms. The van der Waals surface area contributed by atoms with Crippen LogP contribution in [0, 0.1) is 5.82 Å². The molecule has 1 N–H and O–H groups in total. The van der Waals surface area contributed by atoms with Gasteiger partial charge in [0.15, 0.2) is 11.6 Å². The number of carbonyl (C=O) groups is 2. The van der Waals surface area contributed by atoms with Crippen LogP contribution in [-0.2, 0) is 22.2 Å². The van der Waals surface area contributed by atoms with Gasteiger partial charge in [0.2, 0.25) is 0 Å². The highest BCUT2D eigenvalue weighted by Crippen LogP contribution is 2.57. The first-order valence-electron chi connectivity index (χ1n) is 12.6. The lowest BCUT2D eigenvalue weighted by Gasteiger charge is -2.24. The van der Waals surface area contributed by atoms with Crippen molar-refractivity contribution in [3.63, 3.8) is 0 Å². The number of para-hydroxylation sites is 1. The molecule has 37 heavy (non-hydrogen) atoms. The van der Waals surface area contributed by atoms with Gasteiger partial charge in [0.05, 0.1) is 36.6 Å². The molecule has 3 aliphatic rings. The number of hydrogen-bond donors (Lipinski definition) is 1. The number of methoxy groups -OCH3 is 2. The molecular formula is C30H29FN2O4. The summed E-state index contributed by atoms with van der Waals surface area (Å²) in [6, 6.07) is 18.3. The minimum absolute atomic E-state index is 0.0810. The predicted molar refractivity (Wildman–Crippen MR) is 138 cm³/mol. The van der Waals surface area contributed by atoms with E-state index in [1.807, 2.05) is 30.3 Å². The first-order chi connectivity index (χ1) is 17.9. The van der Waals surface area contributed by atoms with Crippen LogP contribution in [0.1, 0.15) is 63.1 Å². The number of amides is 1. The minimum Gasteiger partial charge on any atom is -0.494 e. The smallest absolute Gasteiger partial charge is 0.337 e. The number of hydrogen-bond acceptors (Lipinski definition) is 5. The number of rotatable bonds is 7. The summed E-state index contributed by atoms with van der Waals surface area (Å²) < 4.78 is 24.3. The Labute approximate surface area is 215 Å². The SMILES string of the molecule is COC(=O)c1ccc(C2(NC(=O)c3cccc4c3N(Cc3ccc(OC)c(F)c3)CC43CC3)CC2)cc1. The van der Waals surface area contributed by atoms with Crippen molar-refractivity contribution in [3.8, 4) is 5.75 Å². The summed E-state index contributed by atoms with van der Waals surface area (Å²) in [6.45, 7) is 1.33. The van der Waals surface area contributed by atoms with Crippen molar-refractivity contribution in [2.75, 3.05) is 25.7 Å². The molecule has 6 rings (SSSR count). The number of fused-ring (bicyclic) bond motifs is 2. The first kappa shape index (κ1) is 23.5. The molecule has 1 amide bonds. The number of nitrogens with one attached hydrogen (secondary N) is 1. The van der Waals surface area contributed by atoms with E-state index in [2.05, 4.69) is 16.3 Å². The molecule has 0 aromatic heterocycles. The van der Waals surface area contributed by atoms with Gasteiger partial charge in [0, 0.05) is 18.5 Å². The number of ether oxygens (including phenoxy) is 2. The van der Waals surface area contributed by atoms with Gasteiger partial charge >= 0.3 is 5.97 Å². The van der Waals surface area contributed by atoms with Crippen molar-refractivity contribution in [3.05, 3.63) is 94.3 Å². The third-order valence-electron chi connectivity index (χ3n) is 8.07. The molecule has 1 spiro atoms. The molecular weight excluding hydrogens is 471 g/mol. The first-order valence-corrected chi connectivity index (χ1v) is 12.6. The zero-order valence-electron chi connectivity index (χ0n) is 21.0. The van der Waals surface area contributed by atoms with Gasteiger partial charge in [-0.1, -0.05) is 30.3 Å². The van der Waals surface area contributed by atoms with E-state index in [-0.39, 0.29) is 28.9 Å². The maximum absolute atomic E-state index is 14.4. The standard InChI is InChI=1S/C30H29FN2O4/c1-36-25-11-6-19(16-24(25)31)17-33-18-29(12-13-29)23-5-3-4-22(26(23)33)27(34)32-30(14-15-30)21-9-7-20(8-10-21)28(35)37-2/h3-11,16H,12-15,17-18H2,1-2H3,(H,32,34). The van der Waals surface area contributed by atoms with Crippen LogP contribution in [0.5, 0.6) is 5.75 Å². The Morgan fingerprint density at radius 3 is 2.38 bits per heavy atom. The molecule has 190 valence electrons. The van der Waals surface area contributed by atoms with E-state index >= 15 is 0 Å². The quantitative estimate of drug-likeness (QED) is 0.458. The summed E-state index contributed by atoms with van der Waals surface area (Å²) in [6.07, 6.45) is 3.86. The second-order valence-electron chi connectivity index (χ2n) is 10.4. The number of benzene rings is 3. The Morgan fingerprint density at radius 1 is 1.00 bits per heavy atom. The van der Waals surface area contributed by atoms with Crippen LogP contribution in [0.3, 0.4) is 0 Å². The van der Waals surface area contributed by atoms with E-state index in [1.165, 1.54) is 25.8 Å². The van der Waals surface area contributed by atoms with Gasteiger partial charge in [-0.05, 0) is 72.7 Å². The van der Waals surface area contributed by atoms with Crippen molar-refractivity contribution in [2.45, 2.75) is 43.2 Å². The van der Waals surface area contributed by atoms with Crippen LogP contribution in [0.4, 0.5) is 10.1 Å². The highest BCUT2D eigenvalue weighted by molar-refractivity contribution is 6.02. The number of carbonyl (C=O) groups excluding carboxylic acids is 2. The molecule has 7 heteroatoms. The molecule has 2 fully saturated rings. The molecule has 0 atom stereocenters. The fraction of sp³-hybridized carbons (Fsp3) is 0.333. The number of halogens is 1. The van der Waals surface area contributed by atoms with Crippen molar-refractivity contribution >= 4 is 17.6 Å². The lowest BCUT2D eigenvalue weighted by molar-refractivity contribution is 0.0600. The van der Waals surface area contributed by atoms with Crippen LogP contribution in [0.2, 0.25) is 0 Å². The maximum Gasteiger partial charge on any atom is 0.337 e. The Bertz CT molecular complexity index is 1390. The van der Waals surface area contributed by atoms with Crippen LogP contribution in [0.25, 0.3) is 0 Å². The summed E-state index contributed by atoms with van der Waals surface area (Å²) in [5.41, 5.74) is 4.74. The van der Waals surface area contributed by atoms with E-state index in [0.29, 0.717) is 17.7 Å². The fourth-order valence-electron chi connectivity index (χ4n) is 5.71. The maximum atomic E-state index is 14.4. The van der Waals surface area contributed by atoms with Gasteiger partial charge in [-0.3, -0.25) is 4.79 Å². The van der Waals surface area contributed by atoms with E-state index in [1.54, 1.807) is 18.2 Å². The summed E-state index contributed by atoms with van der Waals surface area (Å²) in [4.78, 5) is 27.8. The normalized spacial score (nSPS) is 17.8. The molecule has 2 aliphatic carbocycles. The van der Waals surface area contributed by atoms with Gasteiger partial charge in [0.1, 0.15) is 0 Å². The summed E-state index contributed by atoms with van der Waals surface area (Å²) in [7, 11) is 2.81. The lowest BCUT2D eigenvalue weighted by Crippen LogP contribution is -2.36. The Kier molecular flexibility index (Phi) is 5.48. The van der Waals surface area contributed by atoms with E-state index in [0.717, 1.165) is 49.0 Å². The van der Waals surface area contributed by atoms with Gasteiger partial charge < -0.3 is 19.7 Å². The third kappa shape index (κ3) is 4.02. The molecule has 0 unspecified atom stereocenters. The Hall–Kier alpha value is -3.87. The van der Waals surface area contributed by atoms with Gasteiger partial charge in [-0.2, -0.15) is 0 Å². The van der Waals surface area contributed by atoms with Crippen molar-refractivity contribution in [2.24, 2.45) is 0 Å². The molecule has 3 aromatic carbocycles.